The van der Waals surface area contributed by atoms with Gasteiger partial charge in [-0.1, -0.05) is 0 Å². The molecule has 30 heavy (non-hydrogen) atoms. The number of fused-ring (bicyclic) bond motifs is 2. The van der Waals surface area contributed by atoms with Crippen molar-refractivity contribution < 1.29 is 61.2 Å². The number of hydroxylamine groups is 3. The van der Waals surface area contributed by atoms with Crippen LogP contribution in [0.15, 0.2) is 12.7 Å². The Morgan fingerprint density at radius 3 is 2.87 bits per heavy atom. The first-order valence-electron chi connectivity index (χ1n) is 9.06. The second kappa shape index (κ2) is 9.44. The molecule has 0 aromatic carbocycles. The molecule has 2 bridgehead atoms. The summed E-state index contributed by atoms with van der Waals surface area (Å²) in [4.78, 5) is 35.1. The summed E-state index contributed by atoms with van der Waals surface area (Å²) in [6.07, 6.45) is 4.48. The zero-order valence-electron chi connectivity index (χ0n) is 16.2. The van der Waals surface area contributed by atoms with Crippen molar-refractivity contribution >= 4 is 22.3 Å². The van der Waals surface area contributed by atoms with Crippen molar-refractivity contribution in [3.63, 3.8) is 0 Å². The second-order valence-corrected chi connectivity index (χ2v) is 8.10. The molecule has 3 aliphatic heterocycles. The largest absolute Gasteiger partial charge is 1.00 e. The summed E-state index contributed by atoms with van der Waals surface area (Å²) in [7, 11) is -5.08. The van der Waals surface area contributed by atoms with Crippen LogP contribution in [0, 0.1) is 0 Å². The zero-order chi connectivity index (χ0) is 20.6. The van der Waals surface area contributed by atoms with E-state index in [9.17, 15) is 22.6 Å². The Labute approximate surface area is 194 Å². The SMILES string of the molecule is O=C(NOC[C@H]1C[C@H](n2cncn2)CN1)[C@@H]1CC[C@@H]2CN1C(=O)N2OS(=O)(=O)[O-].[Na+]. The van der Waals surface area contributed by atoms with E-state index in [0.717, 1.165) is 6.42 Å². The third-order valence-corrected chi connectivity index (χ3v) is 5.61. The van der Waals surface area contributed by atoms with Gasteiger partial charge in [-0.3, -0.25) is 9.63 Å². The molecule has 4 rings (SSSR count). The van der Waals surface area contributed by atoms with Crippen molar-refractivity contribution in [3.05, 3.63) is 12.7 Å². The van der Waals surface area contributed by atoms with E-state index < -0.39 is 34.4 Å². The van der Waals surface area contributed by atoms with Crippen molar-refractivity contribution in [2.45, 2.75) is 43.4 Å². The van der Waals surface area contributed by atoms with Crippen molar-refractivity contribution in [2.24, 2.45) is 0 Å². The Morgan fingerprint density at radius 2 is 2.17 bits per heavy atom. The van der Waals surface area contributed by atoms with E-state index in [-0.39, 0.29) is 54.8 Å². The molecule has 3 saturated heterocycles. The Kier molecular flexibility index (Phi) is 7.34. The molecule has 4 heterocycles. The number of hydrogen-bond acceptors (Lipinski definition) is 10. The average Bonchev–Trinajstić information content (AvgIpc) is 3.39. The zero-order valence-corrected chi connectivity index (χ0v) is 19.0. The van der Waals surface area contributed by atoms with Crippen molar-refractivity contribution in [3.8, 4) is 0 Å². The van der Waals surface area contributed by atoms with Crippen LogP contribution in [0.25, 0.3) is 0 Å². The maximum Gasteiger partial charge on any atom is 1.00 e. The van der Waals surface area contributed by atoms with Crippen LogP contribution in [0.3, 0.4) is 0 Å². The van der Waals surface area contributed by atoms with Gasteiger partial charge < -0.3 is 14.8 Å². The molecule has 2 N–H and O–H groups in total. The van der Waals surface area contributed by atoms with Gasteiger partial charge in [0, 0.05) is 19.1 Å². The number of carbonyl (C=O) groups excluding carboxylic acids is 2. The van der Waals surface area contributed by atoms with Gasteiger partial charge in [0.1, 0.15) is 18.7 Å². The maximum absolute atomic E-state index is 12.4. The maximum atomic E-state index is 12.4. The Hall–Kier alpha value is -1.33. The third-order valence-electron chi connectivity index (χ3n) is 5.26. The topological polar surface area (TPSA) is 171 Å². The monoisotopic (exact) mass is 453 g/mol. The van der Waals surface area contributed by atoms with Gasteiger partial charge in [0.25, 0.3) is 5.91 Å². The Bertz CT molecular complexity index is 870. The van der Waals surface area contributed by atoms with Crippen molar-refractivity contribution in [2.75, 3.05) is 19.7 Å². The van der Waals surface area contributed by atoms with Gasteiger partial charge in [-0.05, 0) is 19.3 Å². The van der Waals surface area contributed by atoms with Crippen LogP contribution in [0.2, 0.25) is 0 Å². The number of aromatic nitrogens is 3. The van der Waals surface area contributed by atoms with Crippen molar-refractivity contribution in [1.82, 2.24) is 35.5 Å². The van der Waals surface area contributed by atoms with E-state index in [0.29, 0.717) is 24.4 Å². The van der Waals surface area contributed by atoms with E-state index in [1.54, 1.807) is 11.0 Å². The number of rotatable bonds is 7. The number of nitrogens with one attached hydrogen (secondary N) is 2. The molecule has 0 saturated carbocycles. The summed E-state index contributed by atoms with van der Waals surface area (Å²) in [5, 5.41) is 7.91. The van der Waals surface area contributed by atoms with E-state index >= 15 is 0 Å². The molecule has 3 fully saturated rings. The number of urea groups is 1. The molecular weight excluding hydrogens is 433 g/mol. The first-order chi connectivity index (χ1) is 13.8. The summed E-state index contributed by atoms with van der Waals surface area (Å²) in [6, 6.07) is -2.09. The predicted octanol–water partition coefficient (Wildman–Crippen LogP) is -5.11. The number of hydrogen-bond donors (Lipinski definition) is 2. The van der Waals surface area contributed by atoms with E-state index in [4.69, 9.17) is 4.84 Å². The number of nitrogens with zero attached hydrogens (tertiary/aromatic N) is 5. The summed E-state index contributed by atoms with van der Waals surface area (Å²) in [5.41, 5.74) is 2.35. The van der Waals surface area contributed by atoms with Crippen LogP contribution in [-0.4, -0.2) is 87.5 Å². The summed E-state index contributed by atoms with van der Waals surface area (Å²) < 4.78 is 38.4. The summed E-state index contributed by atoms with van der Waals surface area (Å²) in [5.74, 6) is -0.519. The molecule has 14 nitrogen and oxygen atoms in total. The van der Waals surface area contributed by atoms with E-state index in [1.165, 1.54) is 11.2 Å². The average molecular weight is 453 g/mol. The molecule has 1 aromatic rings. The minimum atomic E-state index is -5.08. The quantitative estimate of drug-likeness (QED) is 0.176. The molecule has 3 aliphatic rings. The van der Waals surface area contributed by atoms with E-state index in [1.807, 2.05) is 0 Å². The first kappa shape index (κ1) is 23.3. The van der Waals surface area contributed by atoms with Gasteiger partial charge >= 0.3 is 35.6 Å². The summed E-state index contributed by atoms with van der Waals surface area (Å²) in [6.45, 7) is 1.02. The van der Waals surface area contributed by atoms with Gasteiger partial charge in [0.2, 0.25) is 10.4 Å². The van der Waals surface area contributed by atoms with Gasteiger partial charge in [0.05, 0.1) is 18.7 Å². The Morgan fingerprint density at radius 1 is 1.37 bits per heavy atom. The molecule has 3 amide bonds. The third kappa shape index (κ3) is 5.11. The molecule has 0 unspecified atom stereocenters. The van der Waals surface area contributed by atoms with Gasteiger partial charge in [-0.25, -0.2) is 28.4 Å². The second-order valence-electron chi connectivity index (χ2n) is 7.14. The van der Waals surface area contributed by atoms with Crippen molar-refractivity contribution in [1.29, 1.82) is 0 Å². The van der Waals surface area contributed by atoms with E-state index in [2.05, 4.69) is 25.2 Å². The fraction of sp³-hybridized carbons (Fsp3) is 0.714. The number of carbonyl (C=O) groups is 2. The standard InChI is InChI=1S/C14H21N7O7S.Na/c22-13(18-27-6-9-3-11(4-16-9)20-8-15-7-17-20)12-2-1-10-5-19(12)14(23)21(10)28-29(24,25)26;/h7-12,16H,1-6H2,(H,18,22)(H,24,25,26);/q;+1/p-1/t9-,10-,11+,12+;/m1./s1. The van der Waals surface area contributed by atoms with Crippen LogP contribution < -0.4 is 40.4 Å². The minimum absolute atomic E-state index is 0. The molecule has 0 aliphatic carbocycles. The van der Waals surface area contributed by atoms with Crippen LogP contribution in [0.5, 0.6) is 0 Å². The molecule has 1 aromatic heterocycles. The summed E-state index contributed by atoms with van der Waals surface area (Å²) >= 11 is 0. The van der Waals surface area contributed by atoms with Gasteiger partial charge in [-0.2, -0.15) is 14.4 Å². The molecule has 0 radical (unpaired) electrons. The van der Waals surface area contributed by atoms with Gasteiger partial charge in [-0.15, -0.1) is 0 Å². The Balaban J connectivity index is 0.00000256. The van der Waals surface area contributed by atoms with Crippen LogP contribution in [0.1, 0.15) is 25.3 Å². The fourth-order valence-electron chi connectivity index (χ4n) is 3.91. The van der Waals surface area contributed by atoms with Crippen LogP contribution in [-0.2, 0) is 24.3 Å². The smallest absolute Gasteiger partial charge is 0.724 e. The fourth-order valence-corrected chi connectivity index (χ4v) is 4.30. The van der Waals surface area contributed by atoms with Crippen LogP contribution >= 0.6 is 0 Å². The molecule has 4 atom stereocenters. The first-order valence-corrected chi connectivity index (χ1v) is 10.4. The number of piperidine rings is 1. The van der Waals surface area contributed by atoms with Gasteiger partial charge in [0.15, 0.2) is 0 Å². The molecular formula is C14H20N7NaO7S. The molecule has 16 heteroatoms. The minimum Gasteiger partial charge on any atom is -0.724 e. The number of amides is 3. The molecule has 160 valence electrons. The van der Waals surface area contributed by atoms with Crippen LogP contribution in [0.4, 0.5) is 4.79 Å². The molecule has 0 spiro atoms. The predicted molar refractivity (Wildman–Crippen MR) is 91.1 cm³/mol. The normalized spacial score (nSPS) is 28.5.